The summed E-state index contributed by atoms with van der Waals surface area (Å²) < 4.78 is 5.32. The molecule has 4 atom stereocenters. The van der Waals surface area contributed by atoms with Gasteiger partial charge in [-0.2, -0.15) is 0 Å². The molecule has 2 aliphatic carbocycles. The highest BCUT2D eigenvalue weighted by Gasteiger charge is 2.59. The van der Waals surface area contributed by atoms with Crippen molar-refractivity contribution in [2.24, 2.45) is 23.7 Å². The Balaban J connectivity index is 1.29. The number of hydrogen-bond acceptors (Lipinski definition) is 4. The number of halogens is 1. The van der Waals surface area contributed by atoms with Crippen LogP contribution < -0.4 is 4.90 Å². The van der Waals surface area contributed by atoms with Crippen molar-refractivity contribution >= 4 is 35.1 Å². The minimum atomic E-state index is -0.491. The zero-order valence-electron chi connectivity index (χ0n) is 15.5. The van der Waals surface area contributed by atoms with Crippen LogP contribution in [0.4, 0.5) is 5.69 Å². The molecule has 5 rings (SSSR count). The summed E-state index contributed by atoms with van der Waals surface area (Å²) in [6.45, 7) is 0.0719. The lowest BCUT2D eigenvalue weighted by molar-refractivity contribution is -0.123. The van der Waals surface area contributed by atoms with E-state index in [0.717, 1.165) is 12.0 Å². The molecule has 29 heavy (non-hydrogen) atoms. The van der Waals surface area contributed by atoms with Crippen LogP contribution in [0.2, 0.25) is 5.02 Å². The summed E-state index contributed by atoms with van der Waals surface area (Å²) >= 11 is 6.07. The van der Waals surface area contributed by atoms with Crippen molar-refractivity contribution in [3.05, 3.63) is 76.8 Å². The lowest BCUT2D eigenvalue weighted by Crippen LogP contribution is -2.32. The van der Waals surface area contributed by atoms with Gasteiger partial charge < -0.3 is 4.74 Å². The van der Waals surface area contributed by atoms with Crippen LogP contribution in [0.15, 0.2) is 60.7 Å². The lowest BCUT2D eigenvalue weighted by Gasteiger charge is -2.17. The average molecular weight is 408 g/mol. The Labute approximate surface area is 172 Å². The maximum absolute atomic E-state index is 12.9. The summed E-state index contributed by atoms with van der Waals surface area (Å²) in [4.78, 5) is 39.3. The van der Waals surface area contributed by atoms with Gasteiger partial charge in [-0.25, -0.2) is 4.79 Å². The first-order chi connectivity index (χ1) is 14.0. The molecule has 2 aromatic carbocycles. The maximum Gasteiger partial charge on any atom is 0.338 e. The number of carbonyl (C=O) groups is 3. The van der Waals surface area contributed by atoms with Gasteiger partial charge in [0.05, 0.1) is 23.1 Å². The number of benzene rings is 2. The van der Waals surface area contributed by atoms with E-state index in [4.69, 9.17) is 16.3 Å². The van der Waals surface area contributed by atoms with E-state index >= 15 is 0 Å². The summed E-state index contributed by atoms with van der Waals surface area (Å²) in [5, 5.41) is 0.538. The molecule has 1 aliphatic heterocycles. The fourth-order valence-corrected chi connectivity index (χ4v) is 4.94. The molecular weight excluding hydrogens is 390 g/mol. The number of amides is 2. The van der Waals surface area contributed by atoms with Gasteiger partial charge in [-0.1, -0.05) is 42.0 Å². The summed E-state index contributed by atoms with van der Waals surface area (Å²) in [5.41, 5.74) is 1.57. The van der Waals surface area contributed by atoms with Gasteiger partial charge in [0.25, 0.3) is 0 Å². The molecule has 2 aromatic rings. The smallest absolute Gasteiger partial charge is 0.338 e. The molecule has 5 nitrogen and oxygen atoms in total. The zero-order chi connectivity index (χ0) is 20.1. The van der Waals surface area contributed by atoms with Crippen molar-refractivity contribution in [3.63, 3.8) is 0 Å². The van der Waals surface area contributed by atoms with Gasteiger partial charge >= 0.3 is 5.97 Å². The van der Waals surface area contributed by atoms with Crippen molar-refractivity contribution in [2.45, 2.75) is 13.0 Å². The number of esters is 1. The molecular formula is C23H18ClNO4. The van der Waals surface area contributed by atoms with Gasteiger partial charge in [0.15, 0.2) is 0 Å². The Hall–Kier alpha value is -2.92. The molecule has 2 bridgehead atoms. The lowest BCUT2D eigenvalue weighted by atomic mass is 9.85. The third-order valence-corrected chi connectivity index (χ3v) is 6.52. The van der Waals surface area contributed by atoms with Crippen LogP contribution >= 0.6 is 11.6 Å². The Morgan fingerprint density at radius 2 is 1.59 bits per heavy atom. The second kappa shape index (κ2) is 6.85. The third-order valence-electron chi connectivity index (χ3n) is 6.15. The van der Waals surface area contributed by atoms with Crippen LogP contribution in [-0.4, -0.2) is 17.8 Å². The number of ether oxygens (including phenoxy) is 1. The van der Waals surface area contributed by atoms with E-state index in [1.807, 2.05) is 12.1 Å². The Bertz CT molecular complexity index is 1020. The standard InChI is InChI=1S/C23H18ClNO4/c24-18-4-2-1-3-16(18)12-29-23(28)13-7-9-17(10-8-13)25-21(26)19-14-5-6-15(11-14)20(19)22(25)27/h1-10,14-15,19-20H,11-12H2/t14-,15+,19-,20-/m0/s1. The minimum absolute atomic E-state index is 0.0719. The van der Waals surface area contributed by atoms with Crippen molar-refractivity contribution in [2.75, 3.05) is 4.90 Å². The van der Waals surface area contributed by atoms with Crippen LogP contribution in [0.1, 0.15) is 22.3 Å². The van der Waals surface area contributed by atoms with Gasteiger partial charge in [0.1, 0.15) is 6.61 Å². The van der Waals surface area contributed by atoms with E-state index in [9.17, 15) is 14.4 Å². The van der Waals surface area contributed by atoms with E-state index < -0.39 is 5.97 Å². The molecule has 2 fully saturated rings. The molecule has 1 saturated heterocycles. The minimum Gasteiger partial charge on any atom is -0.457 e. The highest BCUT2D eigenvalue weighted by atomic mass is 35.5. The number of allylic oxidation sites excluding steroid dienone is 2. The number of nitrogens with zero attached hydrogens (tertiary/aromatic N) is 1. The number of carbonyl (C=O) groups excluding carboxylic acids is 3. The van der Waals surface area contributed by atoms with E-state index in [1.54, 1.807) is 36.4 Å². The Kier molecular flexibility index (Phi) is 4.28. The SMILES string of the molecule is O=C(OCc1ccccc1Cl)c1ccc(N2C(=O)[C@@H]3[C@@H](C2=O)[C@H]2C=C[C@@H]3C2)cc1. The monoisotopic (exact) mass is 407 g/mol. The molecule has 0 aromatic heterocycles. The molecule has 0 N–H and O–H groups in total. The molecule has 2 amide bonds. The van der Waals surface area contributed by atoms with Gasteiger partial charge in [0, 0.05) is 10.6 Å². The second-order valence-corrected chi connectivity index (χ2v) is 8.13. The van der Waals surface area contributed by atoms with E-state index in [2.05, 4.69) is 12.2 Å². The fourth-order valence-electron chi connectivity index (χ4n) is 4.75. The van der Waals surface area contributed by atoms with Gasteiger partial charge in [-0.05, 0) is 48.6 Å². The summed E-state index contributed by atoms with van der Waals surface area (Å²) in [7, 11) is 0. The van der Waals surface area contributed by atoms with Crippen LogP contribution in [0.5, 0.6) is 0 Å². The molecule has 6 heteroatoms. The maximum atomic E-state index is 12.9. The van der Waals surface area contributed by atoms with E-state index in [-0.39, 0.29) is 42.1 Å². The highest BCUT2D eigenvalue weighted by molar-refractivity contribution is 6.31. The Morgan fingerprint density at radius 3 is 2.21 bits per heavy atom. The molecule has 0 radical (unpaired) electrons. The fraction of sp³-hybridized carbons (Fsp3) is 0.261. The summed E-state index contributed by atoms with van der Waals surface area (Å²) in [5.74, 6) is -0.891. The Morgan fingerprint density at radius 1 is 0.966 bits per heavy atom. The first-order valence-corrected chi connectivity index (χ1v) is 9.99. The highest BCUT2D eigenvalue weighted by Crippen LogP contribution is 2.53. The second-order valence-electron chi connectivity index (χ2n) is 7.73. The van der Waals surface area contributed by atoms with Crippen molar-refractivity contribution in [3.8, 4) is 0 Å². The summed E-state index contributed by atoms with van der Waals surface area (Å²) in [6.07, 6.45) is 5.04. The largest absolute Gasteiger partial charge is 0.457 e. The predicted molar refractivity (Wildman–Crippen MR) is 107 cm³/mol. The number of hydrogen-bond donors (Lipinski definition) is 0. The van der Waals surface area contributed by atoms with Crippen molar-refractivity contribution in [1.29, 1.82) is 0 Å². The number of imide groups is 1. The molecule has 3 aliphatic rings. The van der Waals surface area contributed by atoms with Gasteiger partial charge in [-0.15, -0.1) is 0 Å². The summed E-state index contributed by atoms with van der Waals surface area (Å²) in [6, 6.07) is 13.6. The molecule has 0 spiro atoms. The van der Waals surface area contributed by atoms with Gasteiger partial charge in [0.2, 0.25) is 11.8 Å². The number of anilines is 1. The third kappa shape index (κ3) is 2.88. The quantitative estimate of drug-likeness (QED) is 0.436. The first-order valence-electron chi connectivity index (χ1n) is 9.61. The molecule has 146 valence electrons. The van der Waals surface area contributed by atoms with Crippen LogP contribution in [0, 0.1) is 23.7 Å². The normalized spacial score (nSPS) is 26.9. The number of rotatable bonds is 4. The van der Waals surface area contributed by atoms with Crippen LogP contribution in [0.3, 0.4) is 0 Å². The van der Waals surface area contributed by atoms with E-state index in [1.165, 1.54) is 4.90 Å². The zero-order valence-corrected chi connectivity index (χ0v) is 16.2. The first kappa shape index (κ1) is 18.1. The van der Waals surface area contributed by atoms with Crippen molar-refractivity contribution < 1.29 is 19.1 Å². The van der Waals surface area contributed by atoms with Gasteiger partial charge in [-0.3, -0.25) is 14.5 Å². The topological polar surface area (TPSA) is 63.7 Å². The van der Waals surface area contributed by atoms with E-state index in [0.29, 0.717) is 16.3 Å². The molecule has 0 unspecified atom stereocenters. The molecule has 1 heterocycles. The number of fused-ring (bicyclic) bond motifs is 5. The molecule has 1 saturated carbocycles. The average Bonchev–Trinajstić information content (AvgIpc) is 3.41. The predicted octanol–water partition coefficient (Wildman–Crippen LogP) is 4.01. The van der Waals surface area contributed by atoms with Crippen LogP contribution in [0.25, 0.3) is 0 Å². The van der Waals surface area contributed by atoms with Crippen LogP contribution in [-0.2, 0) is 20.9 Å². The van der Waals surface area contributed by atoms with Crippen molar-refractivity contribution in [1.82, 2.24) is 0 Å².